The van der Waals surface area contributed by atoms with Gasteiger partial charge in [0.15, 0.2) is 0 Å². The molecule has 0 radical (unpaired) electrons. The number of nitrogens with zero attached hydrogens (tertiary/aromatic N) is 1. The third-order valence-electron chi connectivity index (χ3n) is 5.16. The molecule has 0 bridgehead atoms. The van der Waals surface area contributed by atoms with Gasteiger partial charge in [-0.05, 0) is 49.5 Å². The third-order valence-corrected chi connectivity index (χ3v) is 5.16. The lowest BCUT2D eigenvalue weighted by Crippen LogP contribution is -2.53. The van der Waals surface area contributed by atoms with Gasteiger partial charge in [-0.3, -0.25) is 4.90 Å². The second-order valence-corrected chi connectivity index (χ2v) is 7.28. The Hall–Kier alpha value is -0.0800. The smallest absolute Gasteiger partial charge is 0.0695 e. The highest BCUT2D eigenvalue weighted by molar-refractivity contribution is 4.92. The molecule has 0 aromatic carbocycles. The Kier molecular flexibility index (Phi) is 3.84. The molecule has 1 aliphatic heterocycles. The van der Waals surface area contributed by atoms with Gasteiger partial charge in [0.1, 0.15) is 0 Å². The summed E-state index contributed by atoms with van der Waals surface area (Å²) in [4.78, 5) is 2.57. The summed E-state index contributed by atoms with van der Waals surface area (Å²) in [6, 6.07) is 0.411. The fraction of sp³-hybridized carbons (Fsp3) is 1.00. The predicted molar refractivity (Wildman–Crippen MR) is 71.9 cm³/mol. The normalized spacial score (nSPS) is 43.6. The molecule has 1 saturated carbocycles. The van der Waals surface area contributed by atoms with Crippen molar-refractivity contribution < 1.29 is 5.11 Å². The van der Waals surface area contributed by atoms with Crippen LogP contribution < -0.4 is 0 Å². The number of rotatable bonds is 1. The highest BCUT2D eigenvalue weighted by Gasteiger charge is 2.38. The van der Waals surface area contributed by atoms with Crippen molar-refractivity contribution in [3.63, 3.8) is 0 Å². The topological polar surface area (TPSA) is 23.5 Å². The van der Waals surface area contributed by atoms with Crippen LogP contribution in [-0.2, 0) is 0 Å². The SMILES string of the molecule is CC1CCN(C2CC(C)(C)CCC2O)CC1C. The molecule has 100 valence electrons. The second-order valence-electron chi connectivity index (χ2n) is 7.28. The molecule has 0 spiro atoms. The van der Waals surface area contributed by atoms with Gasteiger partial charge in [-0.15, -0.1) is 0 Å². The van der Waals surface area contributed by atoms with Crippen LogP contribution in [0, 0.1) is 17.3 Å². The van der Waals surface area contributed by atoms with Crippen molar-refractivity contribution in [3.8, 4) is 0 Å². The van der Waals surface area contributed by atoms with Crippen LogP contribution in [0.3, 0.4) is 0 Å². The summed E-state index contributed by atoms with van der Waals surface area (Å²) in [5.74, 6) is 1.63. The van der Waals surface area contributed by atoms with Gasteiger partial charge in [0.2, 0.25) is 0 Å². The molecule has 2 fully saturated rings. The largest absolute Gasteiger partial charge is 0.391 e. The molecule has 2 rings (SSSR count). The Bertz CT molecular complexity index is 264. The molecule has 0 aromatic rings. The van der Waals surface area contributed by atoms with E-state index in [-0.39, 0.29) is 6.10 Å². The minimum Gasteiger partial charge on any atom is -0.391 e. The average molecular weight is 239 g/mol. The molecule has 4 unspecified atom stereocenters. The summed E-state index contributed by atoms with van der Waals surface area (Å²) >= 11 is 0. The van der Waals surface area contributed by atoms with E-state index in [2.05, 4.69) is 32.6 Å². The summed E-state index contributed by atoms with van der Waals surface area (Å²) in [6.45, 7) is 11.8. The highest BCUT2D eigenvalue weighted by atomic mass is 16.3. The molecule has 1 heterocycles. The molecular formula is C15H29NO. The third kappa shape index (κ3) is 3.03. The van der Waals surface area contributed by atoms with Crippen LogP contribution in [0.2, 0.25) is 0 Å². The van der Waals surface area contributed by atoms with E-state index in [1.54, 1.807) is 0 Å². The quantitative estimate of drug-likeness (QED) is 0.760. The van der Waals surface area contributed by atoms with Gasteiger partial charge in [-0.2, -0.15) is 0 Å². The van der Waals surface area contributed by atoms with Crippen molar-refractivity contribution in [2.24, 2.45) is 17.3 Å². The van der Waals surface area contributed by atoms with E-state index in [0.29, 0.717) is 11.5 Å². The van der Waals surface area contributed by atoms with Crippen LogP contribution in [0.4, 0.5) is 0 Å². The first-order chi connectivity index (χ1) is 7.89. The number of hydrogen-bond acceptors (Lipinski definition) is 2. The zero-order valence-electron chi connectivity index (χ0n) is 11.9. The van der Waals surface area contributed by atoms with Crippen molar-refractivity contribution >= 4 is 0 Å². The standard InChI is InChI=1S/C15H29NO/c1-11-6-8-16(10-12(11)2)13-9-15(3,4)7-5-14(13)17/h11-14,17H,5-10H2,1-4H3. The lowest BCUT2D eigenvalue weighted by atomic mass is 9.72. The fourth-order valence-corrected chi connectivity index (χ4v) is 3.50. The van der Waals surface area contributed by atoms with Gasteiger partial charge in [0.05, 0.1) is 6.10 Å². The fourth-order valence-electron chi connectivity index (χ4n) is 3.50. The number of aliphatic hydroxyl groups excluding tert-OH is 1. The van der Waals surface area contributed by atoms with Gasteiger partial charge < -0.3 is 5.11 Å². The van der Waals surface area contributed by atoms with Crippen LogP contribution in [0.25, 0.3) is 0 Å². The molecule has 1 aliphatic carbocycles. The molecule has 0 amide bonds. The zero-order chi connectivity index (χ0) is 12.6. The molecule has 1 saturated heterocycles. The maximum atomic E-state index is 10.3. The molecule has 2 heteroatoms. The maximum absolute atomic E-state index is 10.3. The molecule has 2 aliphatic rings. The molecule has 2 nitrogen and oxygen atoms in total. The van der Waals surface area contributed by atoms with E-state index < -0.39 is 0 Å². The first-order valence-corrected chi connectivity index (χ1v) is 7.31. The molecule has 4 atom stereocenters. The van der Waals surface area contributed by atoms with Crippen LogP contribution in [-0.4, -0.2) is 35.2 Å². The van der Waals surface area contributed by atoms with Crippen LogP contribution in [0.5, 0.6) is 0 Å². The lowest BCUT2D eigenvalue weighted by Gasteiger charge is -2.47. The second kappa shape index (κ2) is 4.89. The Morgan fingerprint density at radius 3 is 2.47 bits per heavy atom. The van der Waals surface area contributed by atoms with Crippen molar-refractivity contribution in [2.45, 2.75) is 65.5 Å². The van der Waals surface area contributed by atoms with Crippen LogP contribution >= 0.6 is 0 Å². The number of aliphatic hydroxyl groups is 1. The summed E-state index contributed by atoms with van der Waals surface area (Å²) in [6.07, 6.45) is 4.52. The van der Waals surface area contributed by atoms with Gasteiger partial charge in [-0.1, -0.05) is 27.7 Å². The first-order valence-electron chi connectivity index (χ1n) is 7.31. The van der Waals surface area contributed by atoms with E-state index in [4.69, 9.17) is 0 Å². The van der Waals surface area contributed by atoms with Gasteiger partial charge in [0.25, 0.3) is 0 Å². The Labute approximate surface area is 106 Å². The monoisotopic (exact) mass is 239 g/mol. The summed E-state index contributed by atoms with van der Waals surface area (Å²) in [7, 11) is 0. The summed E-state index contributed by atoms with van der Waals surface area (Å²) < 4.78 is 0. The van der Waals surface area contributed by atoms with E-state index in [1.165, 1.54) is 25.9 Å². The molecule has 17 heavy (non-hydrogen) atoms. The van der Waals surface area contributed by atoms with Crippen LogP contribution in [0.15, 0.2) is 0 Å². The van der Waals surface area contributed by atoms with Gasteiger partial charge >= 0.3 is 0 Å². The van der Waals surface area contributed by atoms with E-state index in [0.717, 1.165) is 24.7 Å². The summed E-state index contributed by atoms with van der Waals surface area (Å²) in [5, 5.41) is 10.3. The summed E-state index contributed by atoms with van der Waals surface area (Å²) in [5.41, 5.74) is 0.413. The maximum Gasteiger partial charge on any atom is 0.0695 e. The Morgan fingerprint density at radius 2 is 1.82 bits per heavy atom. The van der Waals surface area contributed by atoms with Crippen molar-refractivity contribution in [3.05, 3.63) is 0 Å². The predicted octanol–water partition coefficient (Wildman–Crippen LogP) is 2.90. The van der Waals surface area contributed by atoms with Gasteiger partial charge in [0, 0.05) is 12.6 Å². The Morgan fingerprint density at radius 1 is 1.12 bits per heavy atom. The minimum atomic E-state index is -0.0939. The molecule has 1 N–H and O–H groups in total. The van der Waals surface area contributed by atoms with E-state index in [9.17, 15) is 5.11 Å². The van der Waals surface area contributed by atoms with Gasteiger partial charge in [-0.25, -0.2) is 0 Å². The van der Waals surface area contributed by atoms with E-state index in [1.807, 2.05) is 0 Å². The lowest BCUT2D eigenvalue weighted by molar-refractivity contribution is -0.0374. The number of hydrogen-bond donors (Lipinski definition) is 1. The highest BCUT2D eigenvalue weighted by Crippen LogP contribution is 2.39. The van der Waals surface area contributed by atoms with Crippen molar-refractivity contribution in [1.82, 2.24) is 4.90 Å². The number of likely N-dealkylation sites (tertiary alicyclic amines) is 1. The van der Waals surface area contributed by atoms with Crippen molar-refractivity contribution in [2.75, 3.05) is 13.1 Å². The van der Waals surface area contributed by atoms with E-state index >= 15 is 0 Å². The number of piperidine rings is 1. The minimum absolute atomic E-state index is 0.0939. The Balaban J connectivity index is 2.00. The van der Waals surface area contributed by atoms with Crippen molar-refractivity contribution in [1.29, 1.82) is 0 Å². The molecule has 0 aromatic heterocycles. The van der Waals surface area contributed by atoms with Crippen LogP contribution in [0.1, 0.15) is 53.4 Å². The average Bonchev–Trinajstić information content (AvgIpc) is 2.26. The molecular weight excluding hydrogens is 210 g/mol. The zero-order valence-corrected chi connectivity index (χ0v) is 11.9. The first kappa shape index (κ1) is 13.4.